The Labute approximate surface area is 128 Å². The number of hydrogen-bond acceptors (Lipinski definition) is 3. The normalized spacial score (nSPS) is 24.6. The van der Waals surface area contributed by atoms with Gasteiger partial charge in [0.25, 0.3) is 5.91 Å². The van der Waals surface area contributed by atoms with Crippen LogP contribution in [0.4, 0.5) is 0 Å². The predicted molar refractivity (Wildman–Crippen MR) is 85.6 cm³/mol. The first-order valence-corrected chi connectivity index (χ1v) is 8.44. The van der Waals surface area contributed by atoms with E-state index in [1.54, 1.807) is 11.3 Å². The second-order valence-corrected chi connectivity index (χ2v) is 6.87. The van der Waals surface area contributed by atoms with E-state index in [1.165, 1.54) is 5.57 Å². The van der Waals surface area contributed by atoms with Crippen LogP contribution in [0.15, 0.2) is 35.4 Å². The predicted octanol–water partition coefficient (Wildman–Crippen LogP) is 4.01. The van der Waals surface area contributed by atoms with Gasteiger partial charge in [-0.1, -0.05) is 11.6 Å². The highest BCUT2D eigenvalue weighted by Gasteiger charge is 2.41. The summed E-state index contributed by atoms with van der Waals surface area (Å²) in [5.41, 5.74) is 5.15. The summed E-state index contributed by atoms with van der Waals surface area (Å²) in [6, 6.07) is 6.69. The molecule has 2 unspecified atom stereocenters. The Kier molecular flexibility index (Phi) is 3.07. The molecule has 2 aliphatic rings. The molecule has 2 saturated heterocycles. The van der Waals surface area contributed by atoms with Crippen LogP contribution < -0.4 is 0 Å². The summed E-state index contributed by atoms with van der Waals surface area (Å²) in [6.45, 7) is 2.12. The van der Waals surface area contributed by atoms with E-state index in [-0.39, 0.29) is 5.91 Å². The van der Waals surface area contributed by atoms with Crippen molar-refractivity contribution in [2.75, 3.05) is 0 Å². The number of fused-ring (bicyclic) bond motifs is 3. The number of nitrogens with zero attached hydrogens (tertiary/aromatic N) is 2. The van der Waals surface area contributed by atoms with Crippen molar-refractivity contribution < 1.29 is 4.79 Å². The Bertz CT molecular complexity index is 717. The highest BCUT2D eigenvalue weighted by Crippen LogP contribution is 2.39. The monoisotopic (exact) mass is 298 g/mol. The Morgan fingerprint density at radius 1 is 1.33 bits per heavy atom. The van der Waals surface area contributed by atoms with E-state index in [1.807, 2.05) is 23.7 Å². The van der Waals surface area contributed by atoms with E-state index in [9.17, 15) is 4.79 Å². The van der Waals surface area contributed by atoms with E-state index in [0.717, 1.165) is 41.5 Å². The van der Waals surface area contributed by atoms with Crippen LogP contribution >= 0.6 is 11.3 Å². The van der Waals surface area contributed by atoms with Crippen molar-refractivity contribution in [2.24, 2.45) is 0 Å². The molecule has 2 atom stereocenters. The fourth-order valence-electron chi connectivity index (χ4n) is 3.76. The molecule has 0 spiro atoms. The molecule has 3 nitrogen and oxygen atoms in total. The van der Waals surface area contributed by atoms with Crippen molar-refractivity contribution in [1.82, 2.24) is 9.88 Å². The number of benzene rings is 1. The minimum absolute atomic E-state index is 0.202. The number of rotatable bonds is 1. The number of carbonyl (C=O) groups excluding carboxylic acids is 1. The van der Waals surface area contributed by atoms with Crippen LogP contribution in [-0.4, -0.2) is 27.9 Å². The standard InChI is InChI=1S/C17H18N2OS/c1-2-11-7-13-4-5-14(8-11)19(13)17(20)12-3-6-15-16(9-12)21-10-18-15/h2-3,6,9-10,13-14H,4-5,7-8H2,1H3. The summed E-state index contributed by atoms with van der Waals surface area (Å²) in [4.78, 5) is 19.3. The number of piperidine rings is 1. The van der Waals surface area contributed by atoms with E-state index in [4.69, 9.17) is 0 Å². The first-order chi connectivity index (χ1) is 10.3. The second-order valence-electron chi connectivity index (χ2n) is 5.99. The molecule has 1 aromatic carbocycles. The molecule has 2 fully saturated rings. The molecule has 0 aliphatic carbocycles. The van der Waals surface area contributed by atoms with Gasteiger partial charge in [0.15, 0.2) is 0 Å². The summed E-state index contributed by atoms with van der Waals surface area (Å²) in [7, 11) is 0. The molecule has 2 aliphatic heterocycles. The van der Waals surface area contributed by atoms with Crippen molar-refractivity contribution in [3.05, 3.63) is 40.9 Å². The van der Waals surface area contributed by atoms with Gasteiger partial charge in [-0.2, -0.15) is 0 Å². The van der Waals surface area contributed by atoms with Gasteiger partial charge in [-0.05, 0) is 50.8 Å². The summed E-state index contributed by atoms with van der Waals surface area (Å²) in [5.74, 6) is 0.202. The summed E-state index contributed by atoms with van der Waals surface area (Å²) >= 11 is 1.60. The fourth-order valence-corrected chi connectivity index (χ4v) is 4.47. The number of thiazole rings is 1. The van der Waals surface area contributed by atoms with Gasteiger partial charge in [-0.3, -0.25) is 4.79 Å². The summed E-state index contributed by atoms with van der Waals surface area (Å²) in [5, 5.41) is 0. The van der Waals surface area contributed by atoms with Gasteiger partial charge in [0.2, 0.25) is 0 Å². The molecule has 0 saturated carbocycles. The van der Waals surface area contributed by atoms with Crippen LogP contribution in [0, 0.1) is 0 Å². The van der Waals surface area contributed by atoms with E-state index in [0.29, 0.717) is 12.1 Å². The topological polar surface area (TPSA) is 33.2 Å². The minimum atomic E-state index is 0.202. The van der Waals surface area contributed by atoms with Gasteiger partial charge in [-0.15, -0.1) is 11.3 Å². The van der Waals surface area contributed by atoms with Gasteiger partial charge in [-0.25, -0.2) is 4.98 Å². The van der Waals surface area contributed by atoms with Gasteiger partial charge >= 0.3 is 0 Å². The molecule has 0 radical (unpaired) electrons. The maximum absolute atomic E-state index is 12.9. The molecular weight excluding hydrogens is 280 g/mol. The third-order valence-corrected chi connectivity index (χ3v) is 5.63. The van der Waals surface area contributed by atoms with Gasteiger partial charge in [0.05, 0.1) is 15.7 Å². The third kappa shape index (κ3) is 2.09. The average Bonchev–Trinajstić information content (AvgIpc) is 3.08. The van der Waals surface area contributed by atoms with E-state index >= 15 is 0 Å². The van der Waals surface area contributed by atoms with Crippen molar-refractivity contribution in [3.8, 4) is 0 Å². The molecular formula is C17H18N2OS. The zero-order valence-electron chi connectivity index (χ0n) is 12.1. The van der Waals surface area contributed by atoms with Crippen LogP contribution in [0.25, 0.3) is 10.2 Å². The van der Waals surface area contributed by atoms with Gasteiger partial charge in [0.1, 0.15) is 0 Å². The Hall–Kier alpha value is -1.68. The maximum atomic E-state index is 12.9. The maximum Gasteiger partial charge on any atom is 0.254 e. The number of allylic oxidation sites excluding steroid dienone is 1. The van der Waals surface area contributed by atoms with Crippen LogP contribution in [0.1, 0.15) is 43.0 Å². The van der Waals surface area contributed by atoms with Crippen molar-refractivity contribution in [2.45, 2.75) is 44.7 Å². The molecule has 4 rings (SSSR count). The molecule has 2 aromatic rings. The van der Waals surface area contributed by atoms with Crippen molar-refractivity contribution in [1.29, 1.82) is 0 Å². The highest BCUT2D eigenvalue weighted by molar-refractivity contribution is 7.16. The minimum Gasteiger partial charge on any atom is -0.332 e. The second kappa shape index (κ2) is 4.95. The Morgan fingerprint density at radius 2 is 2.10 bits per heavy atom. The van der Waals surface area contributed by atoms with Crippen molar-refractivity contribution >= 4 is 27.5 Å². The number of hydrogen-bond donors (Lipinski definition) is 0. The van der Waals surface area contributed by atoms with Crippen LogP contribution in [0.5, 0.6) is 0 Å². The molecule has 3 heterocycles. The quantitative estimate of drug-likeness (QED) is 0.745. The molecule has 1 aromatic heterocycles. The highest BCUT2D eigenvalue weighted by atomic mass is 32.1. The van der Waals surface area contributed by atoms with Crippen LogP contribution in [0.3, 0.4) is 0 Å². The average molecular weight is 298 g/mol. The van der Waals surface area contributed by atoms with Gasteiger partial charge in [0, 0.05) is 17.6 Å². The summed E-state index contributed by atoms with van der Waals surface area (Å²) in [6.07, 6.45) is 6.65. The van der Waals surface area contributed by atoms with Crippen LogP contribution in [0.2, 0.25) is 0 Å². The lowest BCUT2D eigenvalue weighted by Gasteiger charge is -2.36. The first kappa shape index (κ1) is 13.0. The Balaban J connectivity index is 1.65. The zero-order valence-corrected chi connectivity index (χ0v) is 12.9. The zero-order chi connectivity index (χ0) is 14.4. The molecule has 108 valence electrons. The third-order valence-electron chi connectivity index (χ3n) is 4.84. The fraction of sp³-hybridized carbons (Fsp3) is 0.412. The number of aromatic nitrogens is 1. The molecule has 1 amide bonds. The van der Waals surface area contributed by atoms with E-state index < -0.39 is 0 Å². The van der Waals surface area contributed by atoms with Crippen LogP contribution in [-0.2, 0) is 0 Å². The molecule has 4 heteroatoms. The molecule has 0 N–H and O–H groups in total. The first-order valence-electron chi connectivity index (χ1n) is 7.56. The lowest BCUT2D eigenvalue weighted by atomic mass is 9.95. The lowest BCUT2D eigenvalue weighted by molar-refractivity contribution is 0.0635. The molecule has 2 bridgehead atoms. The largest absolute Gasteiger partial charge is 0.332 e. The summed E-state index contributed by atoms with van der Waals surface area (Å²) < 4.78 is 1.10. The number of amides is 1. The smallest absolute Gasteiger partial charge is 0.254 e. The lowest BCUT2D eigenvalue weighted by Crippen LogP contribution is -2.44. The number of carbonyl (C=O) groups is 1. The van der Waals surface area contributed by atoms with Gasteiger partial charge < -0.3 is 4.90 Å². The SMILES string of the molecule is CC=C1CC2CCC(C1)N2C(=O)c1ccc2ncsc2c1. The van der Waals surface area contributed by atoms with Crippen molar-refractivity contribution in [3.63, 3.8) is 0 Å². The van der Waals surface area contributed by atoms with E-state index in [2.05, 4.69) is 22.9 Å². The molecule has 21 heavy (non-hydrogen) atoms. The Morgan fingerprint density at radius 3 is 2.81 bits per heavy atom.